The van der Waals surface area contributed by atoms with E-state index in [0.717, 1.165) is 161 Å². The predicted molar refractivity (Wildman–Crippen MR) is 408 cm³/mol. The molecule has 3 N–H and O–H groups in total. The third kappa shape index (κ3) is 71.6. The van der Waals surface area contributed by atoms with Crippen LogP contribution in [0.15, 0.2) is 134 Å². The highest BCUT2D eigenvalue weighted by atomic mass is 31.2. The Bertz CT molecular complexity index is 2420. The molecule has 100 heavy (non-hydrogen) atoms. The van der Waals surface area contributed by atoms with E-state index in [1.54, 1.807) is 0 Å². The maximum absolute atomic E-state index is 13.1. The highest BCUT2D eigenvalue weighted by molar-refractivity contribution is 7.47. The molecular weight excluding hydrogens is 1310 g/mol. The monoisotopic (exact) mass is 1440 g/mol. The average Bonchev–Trinajstić information content (AvgIpc) is 0.985. The lowest BCUT2D eigenvalue weighted by molar-refractivity contribution is -0.161. The van der Waals surface area contributed by atoms with E-state index < -0.39 is 97.5 Å². The number of unbranched alkanes of at least 4 members (excludes halogenated alkanes) is 23. The second-order valence-corrected chi connectivity index (χ2v) is 28.1. The molecule has 0 aliphatic heterocycles. The van der Waals surface area contributed by atoms with Crippen LogP contribution < -0.4 is 0 Å². The van der Waals surface area contributed by atoms with Crippen molar-refractivity contribution in [3.63, 3.8) is 0 Å². The summed E-state index contributed by atoms with van der Waals surface area (Å²) in [6.45, 7) is 4.53. The van der Waals surface area contributed by atoms with Gasteiger partial charge in [0.1, 0.15) is 19.3 Å². The average molecular weight is 1440 g/mol. The van der Waals surface area contributed by atoms with Crippen LogP contribution in [0, 0.1) is 0 Å². The Labute approximate surface area is 605 Å². The fourth-order valence-corrected chi connectivity index (χ4v) is 11.3. The van der Waals surface area contributed by atoms with E-state index in [2.05, 4.69) is 143 Å². The first-order valence-corrected chi connectivity index (χ1v) is 41.4. The molecule has 0 aliphatic carbocycles. The molecule has 0 aromatic heterocycles. The van der Waals surface area contributed by atoms with Gasteiger partial charge in [-0.15, -0.1) is 0 Å². The number of hydrogen-bond donors (Lipinski definition) is 3. The van der Waals surface area contributed by atoms with Crippen LogP contribution in [0.25, 0.3) is 0 Å². The molecule has 0 heterocycles. The summed E-state index contributed by atoms with van der Waals surface area (Å²) < 4.78 is 68.3. The van der Waals surface area contributed by atoms with Crippen molar-refractivity contribution in [1.29, 1.82) is 0 Å². The molecule has 0 saturated carbocycles. The third-order valence-corrected chi connectivity index (χ3v) is 17.5. The molecule has 5 atom stereocenters. The van der Waals surface area contributed by atoms with Crippen LogP contribution in [0.2, 0.25) is 0 Å². The summed E-state index contributed by atoms with van der Waals surface area (Å²) in [7, 11) is -9.98. The van der Waals surface area contributed by atoms with Gasteiger partial charge in [0.25, 0.3) is 0 Å². The fourth-order valence-electron chi connectivity index (χ4n) is 9.70. The topological polar surface area (TPSA) is 237 Å². The SMILES string of the molecule is CC/C=C\C/C=C\C/C=C\C/C=C\C/C=C\C/C=C\CCC(=O)OCC(COP(=O)(O)OCC(O)COP(=O)(O)OCC(COC(=O)CCCCCCC/C=C\C/C=C\CCCCC)OC(=O)CCCCCCC/C=C\CCCC)OC(=O)CCCCCCC/C=C\C/C=C\CCCCC. The Morgan fingerprint density at radius 1 is 0.290 bits per heavy atom. The Morgan fingerprint density at radius 2 is 0.550 bits per heavy atom. The van der Waals surface area contributed by atoms with Crippen molar-refractivity contribution in [2.24, 2.45) is 0 Å². The summed E-state index contributed by atoms with van der Waals surface area (Å²) in [6, 6.07) is 0. The van der Waals surface area contributed by atoms with Crippen LogP contribution in [0.5, 0.6) is 0 Å². The van der Waals surface area contributed by atoms with Gasteiger partial charge in [-0.05, 0) is 148 Å². The number of carbonyl (C=O) groups is 4. The lowest BCUT2D eigenvalue weighted by Gasteiger charge is -2.21. The van der Waals surface area contributed by atoms with Crippen molar-refractivity contribution < 1.29 is 80.2 Å². The molecule has 0 aromatic carbocycles. The molecule has 0 saturated heterocycles. The van der Waals surface area contributed by atoms with Crippen LogP contribution >= 0.6 is 15.6 Å². The summed E-state index contributed by atoms with van der Waals surface area (Å²) in [5.41, 5.74) is 0. The highest BCUT2D eigenvalue weighted by Crippen LogP contribution is 2.45. The molecule has 0 rings (SSSR count). The number of rotatable bonds is 71. The van der Waals surface area contributed by atoms with Gasteiger partial charge in [-0.1, -0.05) is 258 Å². The maximum Gasteiger partial charge on any atom is 0.472 e. The molecule has 17 nitrogen and oxygen atoms in total. The van der Waals surface area contributed by atoms with Gasteiger partial charge in [0, 0.05) is 25.7 Å². The van der Waals surface area contributed by atoms with E-state index in [0.29, 0.717) is 32.1 Å². The molecule has 0 amide bonds. The molecule has 0 radical (unpaired) electrons. The number of allylic oxidation sites excluding steroid dienone is 22. The van der Waals surface area contributed by atoms with Crippen molar-refractivity contribution in [3.05, 3.63) is 134 Å². The number of ether oxygens (including phenoxy) is 4. The van der Waals surface area contributed by atoms with E-state index in [1.807, 2.05) is 18.2 Å². The Hall–Kier alpha value is -4.80. The van der Waals surface area contributed by atoms with Gasteiger partial charge in [-0.2, -0.15) is 0 Å². The minimum absolute atomic E-state index is 0.0298. The van der Waals surface area contributed by atoms with Gasteiger partial charge in [0.2, 0.25) is 0 Å². The molecule has 0 spiro atoms. The molecule has 19 heteroatoms. The fraction of sp³-hybridized carbons (Fsp3) is 0.679. The van der Waals surface area contributed by atoms with Gasteiger partial charge in [-0.3, -0.25) is 37.3 Å². The number of hydrogen-bond acceptors (Lipinski definition) is 15. The van der Waals surface area contributed by atoms with Crippen molar-refractivity contribution >= 4 is 39.5 Å². The first-order valence-electron chi connectivity index (χ1n) is 38.4. The minimum atomic E-state index is -5.00. The zero-order chi connectivity index (χ0) is 73.2. The van der Waals surface area contributed by atoms with Gasteiger partial charge < -0.3 is 33.8 Å². The first-order chi connectivity index (χ1) is 48.7. The van der Waals surface area contributed by atoms with E-state index in [4.69, 9.17) is 37.0 Å². The van der Waals surface area contributed by atoms with E-state index in [1.165, 1.54) is 51.4 Å². The summed E-state index contributed by atoms with van der Waals surface area (Å²) >= 11 is 0. The second kappa shape index (κ2) is 72.5. The van der Waals surface area contributed by atoms with E-state index >= 15 is 0 Å². The van der Waals surface area contributed by atoms with Crippen molar-refractivity contribution in [3.8, 4) is 0 Å². The molecule has 0 fully saturated rings. The maximum atomic E-state index is 13.1. The smallest absolute Gasteiger partial charge is 0.462 e. The largest absolute Gasteiger partial charge is 0.472 e. The number of esters is 4. The molecule has 0 aliphatic rings. The molecule has 0 bridgehead atoms. The lowest BCUT2D eigenvalue weighted by Crippen LogP contribution is -2.30. The highest BCUT2D eigenvalue weighted by Gasteiger charge is 2.30. The molecule has 572 valence electrons. The number of phosphoric acid groups is 2. The normalized spacial score (nSPS) is 14.7. The molecule has 0 aromatic rings. The van der Waals surface area contributed by atoms with Gasteiger partial charge in [0.15, 0.2) is 12.2 Å². The summed E-state index contributed by atoms with van der Waals surface area (Å²) in [4.78, 5) is 72.8. The molecular formula is C81H136O17P2. The van der Waals surface area contributed by atoms with Crippen LogP contribution in [-0.2, 0) is 65.4 Å². The van der Waals surface area contributed by atoms with Crippen molar-refractivity contribution in [1.82, 2.24) is 0 Å². The Morgan fingerprint density at radius 3 is 0.900 bits per heavy atom. The first kappa shape index (κ1) is 95.2. The number of aliphatic hydroxyl groups is 1. The third-order valence-electron chi connectivity index (χ3n) is 15.6. The van der Waals surface area contributed by atoms with E-state index in [-0.39, 0.29) is 25.7 Å². The standard InChI is InChI=1S/C81H136O17P2/c1-5-9-13-17-21-25-29-32-35-36-37-38-41-43-47-50-54-58-62-66-79(84)92-72-77(98-81(86)68-64-60-56-52-48-44-40-34-31-27-23-19-15-11-7-3)74-96-100(89,90)94-70-75(82)69-93-99(87,88)95-73-76(97-80(85)67-63-59-55-51-45-28-24-20-16-12-8-4)71-91-78(83)65-61-57-53-49-46-42-39-33-30-26-22-18-14-10-6-2/h9,13,20-27,32-35,37-40,43,47,54,58,75-77,82H,5-8,10-12,14-19,28-31,36,41-42,44-46,48-53,55-57,59-74H2,1-4H3,(H,87,88)(H,89,90)/b13-9-,24-20-,25-21-,26-22-,27-23-,35-32-,38-37-,39-33-,40-34-,47-43-,58-54-. The van der Waals surface area contributed by atoms with Gasteiger partial charge in [-0.25, -0.2) is 9.13 Å². The predicted octanol–water partition coefficient (Wildman–Crippen LogP) is 22.1. The van der Waals surface area contributed by atoms with Crippen LogP contribution in [0.4, 0.5) is 0 Å². The van der Waals surface area contributed by atoms with E-state index in [9.17, 15) is 43.2 Å². The van der Waals surface area contributed by atoms with Gasteiger partial charge in [0.05, 0.1) is 26.4 Å². The number of aliphatic hydroxyl groups excluding tert-OH is 1. The zero-order valence-corrected chi connectivity index (χ0v) is 64.1. The number of phosphoric ester groups is 2. The summed E-state index contributed by atoms with van der Waals surface area (Å²) in [5.74, 6) is -2.32. The zero-order valence-electron chi connectivity index (χ0n) is 62.3. The van der Waals surface area contributed by atoms with Crippen LogP contribution in [0.3, 0.4) is 0 Å². The molecule has 5 unspecified atom stereocenters. The van der Waals surface area contributed by atoms with Crippen LogP contribution in [-0.4, -0.2) is 96.7 Å². The number of carbonyl (C=O) groups excluding carboxylic acids is 4. The summed E-state index contributed by atoms with van der Waals surface area (Å²) in [6.07, 6.45) is 80.3. The lowest BCUT2D eigenvalue weighted by atomic mass is 10.1. The Balaban J connectivity index is 5.42. The van der Waals surface area contributed by atoms with Gasteiger partial charge >= 0.3 is 39.5 Å². The Kier molecular flexibility index (Phi) is 69.1. The van der Waals surface area contributed by atoms with Crippen LogP contribution in [0.1, 0.15) is 297 Å². The summed E-state index contributed by atoms with van der Waals surface area (Å²) in [5, 5.41) is 10.6. The van der Waals surface area contributed by atoms with Crippen molar-refractivity contribution in [2.45, 2.75) is 316 Å². The minimum Gasteiger partial charge on any atom is -0.462 e. The quantitative estimate of drug-likeness (QED) is 0.0169. The van der Waals surface area contributed by atoms with Crippen molar-refractivity contribution in [2.75, 3.05) is 39.6 Å². The second-order valence-electron chi connectivity index (χ2n) is 25.2.